The van der Waals surface area contributed by atoms with Gasteiger partial charge < -0.3 is 10.0 Å². The highest BCUT2D eigenvalue weighted by Crippen LogP contribution is 2.30. The molecule has 0 aliphatic carbocycles. The topological polar surface area (TPSA) is 49.2 Å². The molecule has 0 radical (unpaired) electrons. The second-order valence-corrected chi connectivity index (χ2v) is 4.28. The fourth-order valence-corrected chi connectivity index (χ4v) is 1.31. The van der Waals surface area contributed by atoms with Crippen molar-refractivity contribution in [2.75, 3.05) is 25.1 Å². The van der Waals surface area contributed by atoms with Gasteiger partial charge in [0.15, 0.2) is 0 Å². The van der Waals surface area contributed by atoms with Crippen molar-refractivity contribution in [1.82, 2.24) is 9.97 Å². The Balaban J connectivity index is 3.22. The number of aromatic nitrogens is 2. The van der Waals surface area contributed by atoms with Crippen LogP contribution in [-0.4, -0.2) is 35.3 Å². The van der Waals surface area contributed by atoms with Crippen LogP contribution in [0.1, 0.15) is 31.2 Å². The summed E-state index contributed by atoms with van der Waals surface area (Å²) in [7, 11) is 1.54. The second kappa shape index (κ2) is 5.51. The van der Waals surface area contributed by atoms with Crippen molar-refractivity contribution >= 4 is 5.95 Å². The van der Waals surface area contributed by atoms with Crippen LogP contribution >= 0.6 is 0 Å². The van der Waals surface area contributed by atoms with Gasteiger partial charge in [-0.25, -0.2) is 9.97 Å². The number of halogens is 3. The molecule has 1 N–H and O–H groups in total. The molecule has 1 heterocycles. The summed E-state index contributed by atoms with van der Waals surface area (Å²) in [6.45, 7) is 3.53. The highest BCUT2D eigenvalue weighted by Gasteiger charge is 2.34. The van der Waals surface area contributed by atoms with Gasteiger partial charge in [-0.15, -0.1) is 0 Å². The first-order valence-electron chi connectivity index (χ1n) is 5.54. The van der Waals surface area contributed by atoms with Gasteiger partial charge in [-0.3, -0.25) is 0 Å². The Labute approximate surface area is 103 Å². The zero-order valence-electron chi connectivity index (χ0n) is 10.5. The Bertz CT molecular complexity index is 407. The molecule has 0 spiro atoms. The number of hydrogen-bond donors (Lipinski definition) is 1. The number of aliphatic hydroxyl groups excluding tert-OH is 1. The molecule has 0 unspecified atom stereocenters. The lowest BCUT2D eigenvalue weighted by atomic mass is 10.1. The van der Waals surface area contributed by atoms with Gasteiger partial charge in [0.25, 0.3) is 0 Å². The Morgan fingerprint density at radius 1 is 1.33 bits per heavy atom. The maximum Gasteiger partial charge on any atom is 0.433 e. The first-order chi connectivity index (χ1) is 8.25. The monoisotopic (exact) mass is 263 g/mol. The van der Waals surface area contributed by atoms with Gasteiger partial charge >= 0.3 is 6.18 Å². The number of likely N-dealkylation sites (N-methyl/N-ethyl adjacent to an activating group) is 1. The fraction of sp³-hybridized carbons (Fsp3) is 0.636. The SMILES string of the molecule is CC(C)c1cc(C(F)(F)F)nc(N(C)CCO)n1. The third kappa shape index (κ3) is 3.56. The molecule has 0 aromatic carbocycles. The number of anilines is 1. The van der Waals surface area contributed by atoms with Crippen molar-refractivity contribution < 1.29 is 18.3 Å². The van der Waals surface area contributed by atoms with E-state index in [0.717, 1.165) is 6.07 Å². The molecule has 1 rings (SSSR count). The molecule has 0 aliphatic rings. The average Bonchev–Trinajstić information content (AvgIpc) is 2.27. The van der Waals surface area contributed by atoms with Crippen molar-refractivity contribution in [3.05, 3.63) is 17.5 Å². The molecule has 7 heteroatoms. The van der Waals surface area contributed by atoms with Crippen LogP contribution in [0.15, 0.2) is 6.07 Å². The van der Waals surface area contributed by atoms with E-state index in [1.165, 1.54) is 11.9 Å². The minimum absolute atomic E-state index is 0.0254. The highest BCUT2D eigenvalue weighted by atomic mass is 19.4. The van der Waals surface area contributed by atoms with E-state index in [4.69, 9.17) is 5.11 Å². The maximum absolute atomic E-state index is 12.7. The lowest BCUT2D eigenvalue weighted by Gasteiger charge is -2.19. The third-order valence-corrected chi connectivity index (χ3v) is 2.39. The number of nitrogens with zero attached hydrogens (tertiary/aromatic N) is 3. The van der Waals surface area contributed by atoms with E-state index in [1.54, 1.807) is 13.8 Å². The smallest absolute Gasteiger partial charge is 0.395 e. The van der Waals surface area contributed by atoms with Crippen LogP contribution in [0.4, 0.5) is 19.1 Å². The molecule has 1 aromatic rings. The van der Waals surface area contributed by atoms with E-state index in [2.05, 4.69) is 9.97 Å². The van der Waals surface area contributed by atoms with Crippen molar-refractivity contribution in [3.63, 3.8) is 0 Å². The molecule has 102 valence electrons. The summed E-state index contributed by atoms with van der Waals surface area (Å²) in [5, 5.41) is 8.79. The first-order valence-corrected chi connectivity index (χ1v) is 5.54. The maximum atomic E-state index is 12.7. The van der Waals surface area contributed by atoms with Gasteiger partial charge in [-0.1, -0.05) is 13.8 Å². The Hall–Kier alpha value is -1.37. The summed E-state index contributed by atoms with van der Waals surface area (Å²) >= 11 is 0. The first kappa shape index (κ1) is 14.7. The molecular formula is C11H16F3N3O. The van der Waals surface area contributed by atoms with Gasteiger partial charge in [0.05, 0.1) is 6.61 Å². The van der Waals surface area contributed by atoms with E-state index in [0.29, 0.717) is 5.69 Å². The number of hydrogen-bond acceptors (Lipinski definition) is 4. The van der Waals surface area contributed by atoms with Crippen LogP contribution < -0.4 is 4.90 Å². The summed E-state index contributed by atoms with van der Waals surface area (Å²) in [6, 6.07) is 0.959. The Kier molecular flexibility index (Phi) is 4.50. The molecule has 0 aliphatic heterocycles. The van der Waals surface area contributed by atoms with Gasteiger partial charge in [0.1, 0.15) is 5.69 Å². The quantitative estimate of drug-likeness (QED) is 0.903. The number of alkyl halides is 3. The minimum atomic E-state index is -4.50. The molecule has 18 heavy (non-hydrogen) atoms. The van der Waals surface area contributed by atoms with Gasteiger partial charge in [0.2, 0.25) is 5.95 Å². The predicted molar refractivity (Wildman–Crippen MR) is 61.5 cm³/mol. The van der Waals surface area contributed by atoms with Crippen LogP contribution in [0.5, 0.6) is 0 Å². The third-order valence-electron chi connectivity index (χ3n) is 2.39. The lowest BCUT2D eigenvalue weighted by molar-refractivity contribution is -0.141. The molecule has 0 saturated heterocycles. The van der Waals surface area contributed by atoms with Crippen molar-refractivity contribution in [3.8, 4) is 0 Å². The number of aliphatic hydroxyl groups is 1. The normalized spacial score (nSPS) is 12.0. The van der Waals surface area contributed by atoms with Crippen LogP contribution in [-0.2, 0) is 6.18 Å². The van der Waals surface area contributed by atoms with E-state index in [-0.39, 0.29) is 25.0 Å². The molecule has 4 nitrogen and oxygen atoms in total. The van der Waals surface area contributed by atoms with Crippen molar-refractivity contribution in [2.24, 2.45) is 0 Å². The molecule has 1 aromatic heterocycles. The summed E-state index contributed by atoms with van der Waals surface area (Å²) in [5.74, 6) is -0.155. The summed E-state index contributed by atoms with van der Waals surface area (Å²) in [5.41, 5.74) is -0.627. The zero-order valence-corrected chi connectivity index (χ0v) is 10.5. The van der Waals surface area contributed by atoms with Crippen LogP contribution in [0, 0.1) is 0 Å². The largest absolute Gasteiger partial charge is 0.433 e. The minimum Gasteiger partial charge on any atom is -0.395 e. The highest BCUT2D eigenvalue weighted by molar-refractivity contribution is 5.33. The molecule has 0 atom stereocenters. The van der Waals surface area contributed by atoms with Crippen molar-refractivity contribution in [1.29, 1.82) is 0 Å². The second-order valence-electron chi connectivity index (χ2n) is 4.28. The predicted octanol–water partition coefficient (Wildman–Crippen LogP) is 2.05. The van der Waals surface area contributed by atoms with Crippen LogP contribution in [0.2, 0.25) is 0 Å². The molecule has 0 amide bonds. The van der Waals surface area contributed by atoms with Crippen molar-refractivity contribution in [2.45, 2.75) is 25.9 Å². The lowest BCUT2D eigenvalue weighted by Crippen LogP contribution is -2.25. The summed E-state index contributed by atoms with van der Waals surface area (Å²) in [4.78, 5) is 8.94. The molecule has 0 fully saturated rings. The van der Waals surface area contributed by atoms with E-state index in [1.807, 2.05) is 0 Å². The zero-order chi connectivity index (χ0) is 13.9. The van der Waals surface area contributed by atoms with E-state index >= 15 is 0 Å². The summed E-state index contributed by atoms with van der Waals surface area (Å²) < 4.78 is 38.1. The molecular weight excluding hydrogens is 247 g/mol. The summed E-state index contributed by atoms with van der Waals surface area (Å²) in [6.07, 6.45) is -4.50. The Morgan fingerprint density at radius 3 is 2.39 bits per heavy atom. The Morgan fingerprint density at radius 2 is 1.94 bits per heavy atom. The van der Waals surface area contributed by atoms with Crippen LogP contribution in [0.25, 0.3) is 0 Å². The number of rotatable bonds is 4. The average molecular weight is 263 g/mol. The standard InChI is InChI=1S/C11H16F3N3O/c1-7(2)8-6-9(11(12,13)14)16-10(15-8)17(3)4-5-18/h6-7,18H,4-5H2,1-3H3. The van der Waals surface area contributed by atoms with Gasteiger partial charge in [-0.2, -0.15) is 13.2 Å². The molecule has 0 bridgehead atoms. The molecule has 0 saturated carbocycles. The van der Waals surface area contributed by atoms with Gasteiger partial charge in [-0.05, 0) is 12.0 Å². The van der Waals surface area contributed by atoms with E-state index in [9.17, 15) is 13.2 Å². The fourth-order valence-electron chi connectivity index (χ4n) is 1.31. The van der Waals surface area contributed by atoms with E-state index < -0.39 is 11.9 Å². The van der Waals surface area contributed by atoms with Gasteiger partial charge in [0, 0.05) is 19.3 Å². The van der Waals surface area contributed by atoms with Crippen LogP contribution in [0.3, 0.4) is 0 Å².